The van der Waals surface area contributed by atoms with Crippen LogP contribution in [0.2, 0.25) is 5.02 Å². The molecule has 0 radical (unpaired) electrons. The molecule has 1 N–H and O–H groups in total. The zero-order chi connectivity index (χ0) is 26.3. The summed E-state index contributed by atoms with van der Waals surface area (Å²) in [5, 5.41) is 3.24. The Morgan fingerprint density at radius 3 is 2.23 bits per heavy atom. The molecule has 2 amide bonds. The molecule has 35 heavy (non-hydrogen) atoms. The molecule has 0 fully saturated rings. The summed E-state index contributed by atoms with van der Waals surface area (Å²) in [4.78, 5) is 27.7. The van der Waals surface area contributed by atoms with Crippen molar-refractivity contribution in [2.24, 2.45) is 0 Å². The molecule has 192 valence electrons. The molecule has 0 bridgehead atoms. The van der Waals surface area contributed by atoms with Crippen LogP contribution in [0.1, 0.15) is 32.8 Å². The van der Waals surface area contributed by atoms with Crippen molar-refractivity contribution in [2.75, 3.05) is 24.9 Å². The van der Waals surface area contributed by atoms with Crippen LogP contribution in [0.3, 0.4) is 0 Å². The van der Waals surface area contributed by atoms with Gasteiger partial charge in [-0.3, -0.25) is 9.59 Å². The van der Waals surface area contributed by atoms with Crippen LogP contribution in [0.5, 0.6) is 0 Å². The van der Waals surface area contributed by atoms with Gasteiger partial charge in [0.05, 0.1) is 5.69 Å². The Balaban J connectivity index is 2.48. The molecule has 2 rings (SSSR count). The zero-order valence-electron chi connectivity index (χ0n) is 20.5. The molecule has 8 nitrogen and oxygen atoms in total. The van der Waals surface area contributed by atoms with Crippen LogP contribution < -0.4 is 9.62 Å². The van der Waals surface area contributed by atoms with Crippen molar-refractivity contribution in [1.82, 2.24) is 14.5 Å². The number of halogens is 2. The number of hydrogen-bond acceptors (Lipinski definition) is 4. The highest BCUT2D eigenvalue weighted by Crippen LogP contribution is 2.24. The quantitative estimate of drug-likeness (QED) is 0.486. The number of hydrogen-bond donors (Lipinski definition) is 1. The third-order valence-electron chi connectivity index (χ3n) is 5.61. The summed E-state index contributed by atoms with van der Waals surface area (Å²) >= 11 is 6.30. The summed E-state index contributed by atoms with van der Waals surface area (Å²) in [6.45, 7) is 4.56. The van der Waals surface area contributed by atoms with Gasteiger partial charge < -0.3 is 10.2 Å². The second-order valence-corrected chi connectivity index (χ2v) is 10.8. The maximum atomic E-state index is 14.6. The van der Waals surface area contributed by atoms with E-state index >= 15 is 0 Å². The number of amides is 2. The fourth-order valence-corrected chi connectivity index (χ4v) is 4.47. The molecule has 0 aliphatic heterocycles. The molecule has 0 aliphatic rings. The number of carbonyl (C=O) groups excluding carboxylic acids is 2. The largest absolute Gasteiger partial charge is 0.352 e. The Morgan fingerprint density at radius 1 is 1.06 bits per heavy atom. The average Bonchev–Trinajstić information content (AvgIpc) is 2.81. The minimum absolute atomic E-state index is 0.0409. The minimum Gasteiger partial charge on any atom is -0.352 e. The smallest absolute Gasteiger partial charge is 0.304 e. The van der Waals surface area contributed by atoms with Gasteiger partial charge in [-0.15, -0.1) is 0 Å². The molecule has 0 aliphatic carbocycles. The first-order valence-corrected chi connectivity index (χ1v) is 13.0. The van der Waals surface area contributed by atoms with E-state index in [0.717, 1.165) is 10.4 Å². The van der Waals surface area contributed by atoms with E-state index < -0.39 is 40.4 Å². The number of nitrogens with one attached hydrogen (secondary N) is 1. The Morgan fingerprint density at radius 2 is 1.66 bits per heavy atom. The summed E-state index contributed by atoms with van der Waals surface area (Å²) < 4.78 is 42.3. The van der Waals surface area contributed by atoms with Crippen LogP contribution in [-0.4, -0.2) is 62.2 Å². The van der Waals surface area contributed by atoms with Gasteiger partial charge in [0.2, 0.25) is 11.8 Å². The predicted molar refractivity (Wildman–Crippen MR) is 136 cm³/mol. The standard InChI is InChI=1S/C24H32ClFN4O4S/c1-6-17(2)27-24(32)18(3)29(15-19-11-7-8-12-20(19)25)23(31)16-30(35(33,34)28(4)5)22-14-10-9-13-21(22)26/h7-14,17-18H,6,15-16H2,1-5H3,(H,27,32)/t17-,18+/m0/s1. The summed E-state index contributed by atoms with van der Waals surface area (Å²) in [5.74, 6) is -1.89. The summed E-state index contributed by atoms with van der Waals surface area (Å²) in [7, 11) is -1.66. The first kappa shape index (κ1) is 28.5. The molecule has 2 atom stereocenters. The fraction of sp³-hybridized carbons (Fsp3) is 0.417. The topological polar surface area (TPSA) is 90.0 Å². The first-order valence-electron chi connectivity index (χ1n) is 11.2. The van der Waals surface area contributed by atoms with E-state index in [-0.39, 0.29) is 18.3 Å². The number of nitrogens with zero attached hydrogens (tertiary/aromatic N) is 3. The molecule has 0 saturated carbocycles. The normalized spacial score (nSPS) is 13.3. The van der Waals surface area contributed by atoms with E-state index in [1.54, 1.807) is 31.2 Å². The molecule has 11 heteroatoms. The van der Waals surface area contributed by atoms with E-state index in [1.165, 1.54) is 37.2 Å². The van der Waals surface area contributed by atoms with Gasteiger partial charge in [-0.1, -0.05) is 48.9 Å². The van der Waals surface area contributed by atoms with Crippen molar-refractivity contribution in [2.45, 2.75) is 45.8 Å². The van der Waals surface area contributed by atoms with E-state index in [9.17, 15) is 22.4 Å². The van der Waals surface area contributed by atoms with Gasteiger partial charge in [0.15, 0.2) is 0 Å². The lowest BCUT2D eigenvalue weighted by Crippen LogP contribution is -2.53. The van der Waals surface area contributed by atoms with Crippen molar-refractivity contribution in [3.63, 3.8) is 0 Å². The van der Waals surface area contributed by atoms with Crippen LogP contribution in [-0.2, 0) is 26.3 Å². The molecule has 0 aromatic heterocycles. The number of benzene rings is 2. The zero-order valence-corrected chi connectivity index (χ0v) is 22.1. The van der Waals surface area contributed by atoms with Crippen LogP contribution in [0, 0.1) is 5.82 Å². The van der Waals surface area contributed by atoms with Gasteiger partial charge in [0.25, 0.3) is 0 Å². The lowest BCUT2D eigenvalue weighted by molar-refractivity contribution is -0.139. The van der Waals surface area contributed by atoms with Crippen LogP contribution in [0.15, 0.2) is 48.5 Å². The maximum absolute atomic E-state index is 14.6. The molecule has 0 heterocycles. The lowest BCUT2D eigenvalue weighted by Gasteiger charge is -2.33. The second-order valence-electron chi connectivity index (χ2n) is 8.36. The molecular formula is C24H32ClFN4O4S. The number of para-hydroxylation sites is 1. The first-order chi connectivity index (χ1) is 16.4. The van der Waals surface area contributed by atoms with Gasteiger partial charge in [-0.2, -0.15) is 12.7 Å². The van der Waals surface area contributed by atoms with Crippen LogP contribution in [0.4, 0.5) is 10.1 Å². The van der Waals surface area contributed by atoms with Crippen molar-refractivity contribution < 1.29 is 22.4 Å². The van der Waals surface area contributed by atoms with Gasteiger partial charge in [0.1, 0.15) is 18.4 Å². The minimum atomic E-state index is -4.24. The SMILES string of the molecule is CC[C@H](C)NC(=O)[C@@H](C)N(Cc1ccccc1Cl)C(=O)CN(c1ccccc1F)S(=O)(=O)N(C)C. The number of rotatable bonds is 11. The Kier molecular flexibility index (Phi) is 10.1. The highest BCUT2D eigenvalue weighted by Gasteiger charge is 2.34. The third kappa shape index (κ3) is 7.16. The molecule has 0 unspecified atom stereocenters. The van der Waals surface area contributed by atoms with Crippen LogP contribution in [0.25, 0.3) is 0 Å². The number of anilines is 1. The summed E-state index contributed by atoms with van der Waals surface area (Å²) in [5.41, 5.74) is 0.308. The Hall–Kier alpha value is -2.69. The molecule has 2 aromatic rings. The maximum Gasteiger partial charge on any atom is 0.304 e. The molecule has 2 aromatic carbocycles. The summed E-state index contributed by atoms with van der Waals surface area (Å²) in [6.07, 6.45) is 0.694. The molecular weight excluding hydrogens is 495 g/mol. The number of carbonyl (C=O) groups is 2. The molecule has 0 spiro atoms. The van der Waals surface area contributed by atoms with E-state index in [2.05, 4.69) is 5.32 Å². The Labute approximate surface area is 211 Å². The average molecular weight is 527 g/mol. The van der Waals surface area contributed by atoms with Crippen molar-refractivity contribution in [3.8, 4) is 0 Å². The summed E-state index contributed by atoms with van der Waals surface area (Å²) in [6, 6.07) is 11.1. The van der Waals surface area contributed by atoms with Gasteiger partial charge in [0, 0.05) is 31.7 Å². The predicted octanol–water partition coefficient (Wildman–Crippen LogP) is 3.42. The Bertz CT molecular complexity index is 1150. The van der Waals surface area contributed by atoms with Crippen molar-refractivity contribution >= 4 is 39.3 Å². The van der Waals surface area contributed by atoms with E-state index in [1.807, 2.05) is 13.8 Å². The lowest BCUT2D eigenvalue weighted by atomic mass is 10.1. The third-order valence-corrected chi connectivity index (χ3v) is 7.78. The van der Waals surface area contributed by atoms with Gasteiger partial charge >= 0.3 is 10.2 Å². The van der Waals surface area contributed by atoms with Crippen LogP contribution >= 0.6 is 11.6 Å². The van der Waals surface area contributed by atoms with Crippen molar-refractivity contribution in [3.05, 3.63) is 64.9 Å². The van der Waals surface area contributed by atoms with Gasteiger partial charge in [-0.05, 0) is 44.0 Å². The van der Waals surface area contributed by atoms with E-state index in [4.69, 9.17) is 11.6 Å². The second kappa shape index (κ2) is 12.3. The monoisotopic (exact) mass is 526 g/mol. The molecule has 0 saturated heterocycles. The van der Waals surface area contributed by atoms with Gasteiger partial charge in [-0.25, -0.2) is 8.70 Å². The van der Waals surface area contributed by atoms with Crippen molar-refractivity contribution in [1.29, 1.82) is 0 Å². The highest BCUT2D eigenvalue weighted by molar-refractivity contribution is 7.90. The fourth-order valence-electron chi connectivity index (χ4n) is 3.21. The van der Waals surface area contributed by atoms with E-state index in [0.29, 0.717) is 21.3 Å². The highest BCUT2D eigenvalue weighted by atomic mass is 35.5.